The molecule has 0 aromatic heterocycles. The van der Waals surface area contributed by atoms with Gasteiger partial charge in [0.1, 0.15) is 11.1 Å². The van der Waals surface area contributed by atoms with Crippen LogP contribution in [-0.4, -0.2) is 11.9 Å². The van der Waals surface area contributed by atoms with Gasteiger partial charge < -0.3 is 57.3 Å². The molecule has 0 bridgehead atoms. The normalized spacial score (nSPS) is 10.4. The van der Waals surface area contributed by atoms with Gasteiger partial charge in [0.15, 0.2) is 0 Å². The maximum absolute atomic E-state index is 12.3. The summed E-state index contributed by atoms with van der Waals surface area (Å²) in [6.45, 7) is 0. The van der Waals surface area contributed by atoms with E-state index in [4.69, 9.17) is 57.3 Å². The first kappa shape index (κ1) is 19.7. The van der Waals surface area contributed by atoms with E-state index in [1.54, 1.807) is 0 Å². The predicted molar refractivity (Wildman–Crippen MR) is 108 cm³/mol. The number of nitrogens with two attached hydrogens (primary N) is 10. The highest BCUT2D eigenvalue weighted by Crippen LogP contribution is 2.40. The van der Waals surface area contributed by atoms with Crippen LogP contribution in [0.5, 0.6) is 0 Å². The second-order valence-corrected chi connectivity index (χ2v) is 5.63. The summed E-state index contributed by atoms with van der Waals surface area (Å²) in [6, 6.07) is 0. The number of hydrogen-bond acceptors (Lipinski definition) is 14. The molecule has 0 aliphatic heterocycles. The van der Waals surface area contributed by atoms with Crippen LogP contribution in [0.2, 0.25) is 0 Å². The second kappa shape index (κ2) is 6.60. The SMILES string of the molecule is Nc1c(N)c(N)c(C(=O)OOC(=O)c2c(N)c(N)c(N)c(N)c2N)c(N)c1N. The lowest BCUT2D eigenvalue weighted by molar-refractivity contribution is -0.187. The summed E-state index contributed by atoms with van der Waals surface area (Å²) in [6.07, 6.45) is 0. The van der Waals surface area contributed by atoms with Crippen LogP contribution in [0.3, 0.4) is 0 Å². The van der Waals surface area contributed by atoms with Gasteiger partial charge in [-0.05, 0) is 0 Å². The third-order valence-electron chi connectivity index (χ3n) is 4.00. The molecule has 0 radical (unpaired) electrons. The first-order valence-corrected chi connectivity index (χ1v) is 7.37. The molecule has 14 nitrogen and oxygen atoms in total. The maximum Gasteiger partial charge on any atom is 0.390 e. The first-order chi connectivity index (χ1) is 12.9. The lowest BCUT2D eigenvalue weighted by Crippen LogP contribution is -2.20. The molecule has 2 rings (SSSR count). The van der Waals surface area contributed by atoms with E-state index in [1.165, 1.54) is 0 Å². The summed E-state index contributed by atoms with van der Waals surface area (Å²) in [5.74, 6) is -2.56. The molecule has 150 valence electrons. The average Bonchev–Trinajstić information content (AvgIpc) is 2.66. The fraction of sp³-hybridized carbons (Fsp3) is 0. The van der Waals surface area contributed by atoms with Gasteiger partial charge in [-0.3, -0.25) is 0 Å². The van der Waals surface area contributed by atoms with Crippen molar-refractivity contribution in [3.63, 3.8) is 0 Å². The summed E-state index contributed by atoms with van der Waals surface area (Å²) in [5.41, 5.74) is 53.5. The van der Waals surface area contributed by atoms with Crippen molar-refractivity contribution in [3.8, 4) is 0 Å². The van der Waals surface area contributed by atoms with Crippen molar-refractivity contribution < 1.29 is 19.4 Å². The van der Waals surface area contributed by atoms with E-state index in [2.05, 4.69) is 9.78 Å². The molecule has 28 heavy (non-hydrogen) atoms. The van der Waals surface area contributed by atoms with Crippen LogP contribution in [0, 0.1) is 0 Å². The Labute approximate surface area is 157 Å². The molecule has 0 aliphatic carbocycles. The Bertz CT molecular complexity index is 881. The molecule has 2 aromatic carbocycles. The molecule has 0 saturated carbocycles. The zero-order valence-corrected chi connectivity index (χ0v) is 14.4. The number of carbonyl (C=O) groups excluding carboxylic acids is 2. The molecule has 20 N–H and O–H groups in total. The highest BCUT2D eigenvalue weighted by molar-refractivity contribution is 6.12. The zero-order chi connectivity index (χ0) is 21.5. The number of hydrogen-bond donors (Lipinski definition) is 10. The Morgan fingerprint density at radius 3 is 0.786 bits per heavy atom. The Kier molecular flexibility index (Phi) is 4.64. The Morgan fingerprint density at radius 2 is 0.571 bits per heavy atom. The van der Waals surface area contributed by atoms with E-state index >= 15 is 0 Å². The van der Waals surface area contributed by atoms with Gasteiger partial charge in [0.25, 0.3) is 0 Å². The minimum Gasteiger partial charge on any atom is -0.396 e. The minimum absolute atomic E-state index is 0.114. The zero-order valence-electron chi connectivity index (χ0n) is 14.4. The van der Waals surface area contributed by atoms with Crippen molar-refractivity contribution >= 4 is 68.8 Å². The fourth-order valence-corrected chi connectivity index (χ4v) is 2.30. The average molecular weight is 392 g/mol. The first-order valence-electron chi connectivity index (χ1n) is 7.37. The van der Waals surface area contributed by atoms with Gasteiger partial charge in [0.05, 0.1) is 56.9 Å². The molecule has 0 unspecified atom stereocenters. The van der Waals surface area contributed by atoms with E-state index < -0.39 is 23.1 Å². The topological polar surface area (TPSA) is 313 Å². The molecule has 0 amide bonds. The van der Waals surface area contributed by atoms with E-state index in [9.17, 15) is 9.59 Å². The van der Waals surface area contributed by atoms with Gasteiger partial charge in [0.2, 0.25) is 0 Å². The summed E-state index contributed by atoms with van der Waals surface area (Å²) in [5, 5.41) is 0. The summed E-state index contributed by atoms with van der Waals surface area (Å²) >= 11 is 0. The van der Waals surface area contributed by atoms with Gasteiger partial charge in [-0.15, -0.1) is 0 Å². The third-order valence-corrected chi connectivity index (χ3v) is 4.00. The molecule has 2 aromatic rings. The Morgan fingerprint density at radius 1 is 0.393 bits per heavy atom. The van der Waals surface area contributed by atoms with Gasteiger partial charge in [0, 0.05) is 0 Å². The molecular formula is C14H20N10O4. The van der Waals surface area contributed by atoms with Crippen LogP contribution in [0.25, 0.3) is 0 Å². The summed E-state index contributed by atoms with van der Waals surface area (Å²) in [7, 11) is 0. The molecule has 0 aliphatic rings. The van der Waals surface area contributed by atoms with E-state index in [1.807, 2.05) is 0 Å². The predicted octanol–water partition coefficient (Wildman–Crippen LogP) is -1.56. The van der Waals surface area contributed by atoms with E-state index in [-0.39, 0.29) is 56.9 Å². The third kappa shape index (κ3) is 2.79. The van der Waals surface area contributed by atoms with Crippen molar-refractivity contribution in [2.24, 2.45) is 0 Å². The Hall–Kier alpha value is -4.62. The van der Waals surface area contributed by atoms with Crippen molar-refractivity contribution in [3.05, 3.63) is 11.1 Å². The van der Waals surface area contributed by atoms with Crippen molar-refractivity contribution in [2.45, 2.75) is 0 Å². The fourth-order valence-electron chi connectivity index (χ4n) is 2.30. The number of nitrogen functional groups attached to an aromatic ring is 10. The van der Waals surface area contributed by atoms with Crippen molar-refractivity contribution in [1.82, 2.24) is 0 Å². The van der Waals surface area contributed by atoms with Gasteiger partial charge >= 0.3 is 11.9 Å². The molecular weight excluding hydrogens is 372 g/mol. The Balaban J connectivity index is 2.34. The molecule has 0 saturated heterocycles. The minimum atomic E-state index is -1.28. The van der Waals surface area contributed by atoms with Gasteiger partial charge in [-0.1, -0.05) is 0 Å². The maximum atomic E-state index is 12.3. The van der Waals surface area contributed by atoms with Crippen LogP contribution < -0.4 is 57.3 Å². The number of carbonyl (C=O) groups is 2. The standard InChI is InChI=1S/C14H20N10O4/c15-3-1(4(16)8(20)11(23)7(3)19)13(25)27-28-14(26)2-5(17)9(21)12(24)10(22)6(2)18/h15-24H2. The van der Waals surface area contributed by atoms with Crippen LogP contribution in [-0.2, 0) is 9.78 Å². The number of rotatable bonds is 2. The van der Waals surface area contributed by atoms with Crippen LogP contribution >= 0.6 is 0 Å². The van der Waals surface area contributed by atoms with Crippen molar-refractivity contribution in [2.75, 3.05) is 57.3 Å². The van der Waals surface area contributed by atoms with Gasteiger partial charge in [-0.25, -0.2) is 19.4 Å². The highest BCUT2D eigenvalue weighted by atomic mass is 17.2. The summed E-state index contributed by atoms with van der Waals surface area (Å²) in [4.78, 5) is 33.4. The van der Waals surface area contributed by atoms with Crippen LogP contribution in [0.15, 0.2) is 0 Å². The molecule has 0 heterocycles. The molecule has 0 atom stereocenters. The molecule has 0 fully saturated rings. The highest BCUT2D eigenvalue weighted by Gasteiger charge is 2.27. The van der Waals surface area contributed by atoms with Gasteiger partial charge in [-0.2, -0.15) is 0 Å². The quantitative estimate of drug-likeness (QED) is 0.157. The van der Waals surface area contributed by atoms with E-state index in [0.717, 1.165) is 0 Å². The monoisotopic (exact) mass is 392 g/mol. The second-order valence-electron chi connectivity index (χ2n) is 5.63. The molecule has 14 heteroatoms. The smallest absolute Gasteiger partial charge is 0.390 e. The largest absolute Gasteiger partial charge is 0.396 e. The van der Waals surface area contributed by atoms with Crippen LogP contribution in [0.1, 0.15) is 20.7 Å². The van der Waals surface area contributed by atoms with Crippen molar-refractivity contribution in [1.29, 1.82) is 0 Å². The lowest BCUT2D eigenvalue weighted by Gasteiger charge is -2.16. The summed E-state index contributed by atoms with van der Waals surface area (Å²) < 4.78 is 0. The van der Waals surface area contributed by atoms with E-state index in [0.29, 0.717) is 0 Å². The van der Waals surface area contributed by atoms with Crippen LogP contribution in [0.4, 0.5) is 56.9 Å². The lowest BCUT2D eigenvalue weighted by atomic mass is 10.1. The molecule has 0 spiro atoms. The number of benzene rings is 2. The number of anilines is 10.